The molecule has 0 aliphatic heterocycles. The van der Waals surface area contributed by atoms with E-state index >= 15 is 0 Å². The number of rotatable bonds is 6. The first-order chi connectivity index (χ1) is 9.60. The SMILES string of the molecule is CCN(CC1CCC1)c1cc(Cl)ccc1/C=C/C(=O)O. The van der Waals surface area contributed by atoms with Crippen LogP contribution in [0, 0.1) is 5.92 Å². The number of aliphatic carboxylic acids is 1. The molecule has 0 spiro atoms. The maximum atomic E-state index is 10.7. The molecule has 0 amide bonds. The summed E-state index contributed by atoms with van der Waals surface area (Å²) in [5, 5.41) is 9.46. The molecule has 1 aromatic carbocycles. The Morgan fingerprint density at radius 3 is 2.80 bits per heavy atom. The normalized spacial score (nSPS) is 15.3. The van der Waals surface area contributed by atoms with Gasteiger partial charge in [0.05, 0.1) is 0 Å². The van der Waals surface area contributed by atoms with E-state index in [1.54, 1.807) is 12.1 Å². The summed E-state index contributed by atoms with van der Waals surface area (Å²) in [7, 11) is 0. The largest absolute Gasteiger partial charge is 0.478 e. The van der Waals surface area contributed by atoms with Gasteiger partial charge in [-0.15, -0.1) is 0 Å². The lowest BCUT2D eigenvalue weighted by atomic mass is 9.85. The second-order valence-electron chi connectivity index (χ2n) is 5.21. The number of carboxylic acid groups (broad SMARTS) is 1. The van der Waals surface area contributed by atoms with E-state index in [9.17, 15) is 4.79 Å². The van der Waals surface area contributed by atoms with Crippen molar-refractivity contribution in [2.75, 3.05) is 18.0 Å². The van der Waals surface area contributed by atoms with Crippen LogP contribution in [0.5, 0.6) is 0 Å². The molecule has 0 atom stereocenters. The predicted octanol–water partition coefficient (Wildman–Crippen LogP) is 4.06. The molecule has 1 aliphatic rings. The van der Waals surface area contributed by atoms with E-state index < -0.39 is 5.97 Å². The van der Waals surface area contributed by atoms with Crippen LogP contribution in [0.4, 0.5) is 5.69 Å². The number of halogens is 1. The number of benzene rings is 1. The van der Waals surface area contributed by atoms with Crippen molar-refractivity contribution in [1.29, 1.82) is 0 Å². The molecule has 1 N–H and O–H groups in total. The third-order valence-electron chi connectivity index (χ3n) is 3.82. The molecule has 108 valence electrons. The lowest BCUT2D eigenvalue weighted by Gasteiger charge is -2.34. The topological polar surface area (TPSA) is 40.5 Å². The molecular formula is C16H20ClNO2. The molecule has 1 aliphatic carbocycles. The molecule has 0 saturated heterocycles. The monoisotopic (exact) mass is 293 g/mol. The number of carbonyl (C=O) groups is 1. The fourth-order valence-corrected chi connectivity index (χ4v) is 2.64. The zero-order valence-corrected chi connectivity index (χ0v) is 12.4. The highest BCUT2D eigenvalue weighted by molar-refractivity contribution is 6.31. The summed E-state index contributed by atoms with van der Waals surface area (Å²) >= 11 is 6.10. The molecule has 1 fully saturated rings. The lowest BCUT2D eigenvalue weighted by Crippen LogP contribution is -2.32. The maximum absolute atomic E-state index is 10.7. The van der Waals surface area contributed by atoms with Gasteiger partial charge < -0.3 is 10.0 Å². The first-order valence-electron chi connectivity index (χ1n) is 7.05. The van der Waals surface area contributed by atoms with Crippen molar-refractivity contribution in [3.63, 3.8) is 0 Å². The Morgan fingerprint density at radius 1 is 1.50 bits per heavy atom. The standard InChI is InChI=1S/C16H20ClNO2/c1-2-18(11-12-4-3-5-12)15-10-14(17)8-6-13(15)7-9-16(19)20/h6-10,12H,2-5,11H2,1H3,(H,19,20)/b9-7+. The van der Waals surface area contributed by atoms with E-state index in [1.165, 1.54) is 25.3 Å². The Bertz CT molecular complexity index is 509. The Balaban J connectivity index is 2.25. The first kappa shape index (κ1) is 14.9. The highest BCUT2D eigenvalue weighted by Gasteiger charge is 2.21. The summed E-state index contributed by atoms with van der Waals surface area (Å²) in [5.41, 5.74) is 1.92. The molecular weight excluding hydrogens is 274 g/mol. The smallest absolute Gasteiger partial charge is 0.328 e. The minimum absolute atomic E-state index is 0.680. The van der Waals surface area contributed by atoms with Crippen LogP contribution in [-0.2, 0) is 4.79 Å². The van der Waals surface area contributed by atoms with Crippen LogP contribution in [0.25, 0.3) is 6.08 Å². The van der Waals surface area contributed by atoms with E-state index in [0.29, 0.717) is 5.02 Å². The van der Waals surface area contributed by atoms with Gasteiger partial charge in [0.1, 0.15) is 0 Å². The van der Waals surface area contributed by atoms with Crippen molar-refractivity contribution >= 4 is 29.3 Å². The van der Waals surface area contributed by atoms with Crippen LogP contribution in [0.3, 0.4) is 0 Å². The van der Waals surface area contributed by atoms with Gasteiger partial charge in [-0.25, -0.2) is 4.79 Å². The zero-order valence-electron chi connectivity index (χ0n) is 11.7. The lowest BCUT2D eigenvalue weighted by molar-refractivity contribution is -0.131. The van der Waals surface area contributed by atoms with Crippen LogP contribution in [0.15, 0.2) is 24.3 Å². The fourth-order valence-electron chi connectivity index (χ4n) is 2.48. The summed E-state index contributed by atoms with van der Waals surface area (Å²) < 4.78 is 0. The first-order valence-corrected chi connectivity index (χ1v) is 7.43. The summed E-state index contributed by atoms with van der Waals surface area (Å²) in [6, 6.07) is 5.59. The molecule has 3 nitrogen and oxygen atoms in total. The van der Waals surface area contributed by atoms with Crippen molar-refractivity contribution in [1.82, 2.24) is 0 Å². The molecule has 0 unspecified atom stereocenters. The third-order valence-corrected chi connectivity index (χ3v) is 4.06. The molecule has 0 aromatic heterocycles. The summed E-state index contributed by atoms with van der Waals surface area (Å²) in [5.74, 6) is -0.182. The van der Waals surface area contributed by atoms with Crippen LogP contribution in [0.1, 0.15) is 31.7 Å². The quantitative estimate of drug-likeness (QED) is 0.804. The van der Waals surface area contributed by atoms with Crippen molar-refractivity contribution in [3.8, 4) is 0 Å². The Labute approximate surface area is 124 Å². The molecule has 0 heterocycles. The molecule has 4 heteroatoms. The van der Waals surface area contributed by atoms with Crippen molar-refractivity contribution in [2.24, 2.45) is 5.92 Å². The third kappa shape index (κ3) is 3.76. The van der Waals surface area contributed by atoms with Gasteiger partial charge in [-0.3, -0.25) is 0 Å². The molecule has 1 aromatic rings. The average molecular weight is 294 g/mol. The minimum atomic E-state index is -0.937. The van der Waals surface area contributed by atoms with Gasteiger partial charge >= 0.3 is 5.97 Å². The highest BCUT2D eigenvalue weighted by atomic mass is 35.5. The Hall–Kier alpha value is -1.48. The Morgan fingerprint density at radius 2 is 2.25 bits per heavy atom. The van der Waals surface area contributed by atoms with Crippen molar-refractivity contribution in [3.05, 3.63) is 34.9 Å². The molecule has 20 heavy (non-hydrogen) atoms. The second kappa shape index (κ2) is 6.80. The Kier molecular flexibility index (Phi) is 5.07. The van der Waals surface area contributed by atoms with E-state index in [2.05, 4.69) is 11.8 Å². The molecule has 0 radical (unpaired) electrons. The van der Waals surface area contributed by atoms with Crippen LogP contribution >= 0.6 is 11.6 Å². The van der Waals surface area contributed by atoms with Gasteiger partial charge in [0.25, 0.3) is 0 Å². The van der Waals surface area contributed by atoms with Gasteiger partial charge in [0.15, 0.2) is 0 Å². The molecule has 1 saturated carbocycles. The maximum Gasteiger partial charge on any atom is 0.328 e. The van der Waals surface area contributed by atoms with Crippen molar-refractivity contribution in [2.45, 2.75) is 26.2 Å². The number of carboxylic acids is 1. The fraction of sp³-hybridized carbons (Fsp3) is 0.438. The predicted molar refractivity (Wildman–Crippen MR) is 83.3 cm³/mol. The van der Waals surface area contributed by atoms with Crippen LogP contribution in [0.2, 0.25) is 5.02 Å². The minimum Gasteiger partial charge on any atom is -0.478 e. The number of nitrogens with zero attached hydrogens (tertiary/aromatic N) is 1. The van der Waals surface area contributed by atoms with Gasteiger partial charge in [-0.05, 0) is 49.5 Å². The van der Waals surface area contributed by atoms with Gasteiger partial charge in [0, 0.05) is 29.9 Å². The number of hydrogen-bond donors (Lipinski definition) is 1. The van der Waals surface area contributed by atoms with Gasteiger partial charge in [-0.1, -0.05) is 24.1 Å². The van der Waals surface area contributed by atoms with Crippen LogP contribution < -0.4 is 4.90 Å². The number of anilines is 1. The highest BCUT2D eigenvalue weighted by Crippen LogP contribution is 2.31. The van der Waals surface area contributed by atoms with E-state index in [4.69, 9.17) is 16.7 Å². The molecule has 2 rings (SSSR count). The summed E-state index contributed by atoms with van der Waals surface area (Å²) in [6.45, 7) is 4.03. The zero-order chi connectivity index (χ0) is 14.5. The number of hydrogen-bond acceptors (Lipinski definition) is 2. The molecule has 0 bridgehead atoms. The van der Waals surface area contributed by atoms with E-state index in [0.717, 1.165) is 30.3 Å². The summed E-state index contributed by atoms with van der Waals surface area (Å²) in [6.07, 6.45) is 6.71. The van der Waals surface area contributed by atoms with Gasteiger partial charge in [-0.2, -0.15) is 0 Å². The van der Waals surface area contributed by atoms with Crippen molar-refractivity contribution < 1.29 is 9.90 Å². The second-order valence-corrected chi connectivity index (χ2v) is 5.65. The van der Waals surface area contributed by atoms with Crippen LogP contribution in [-0.4, -0.2) is 24.2 Å². The average Bonchev–Trinajstić information content (AvgIpc) is 2.36. The van der Waals surface area contributed by atoms with E-state index in [-0.39, 0.29) is 0 Å². The van der Waals surface area contributed by atoms with Gasteiger partial charge in [0.2, 0.25) is 0 Å². The van der Waals surface area contributed by atoms with E-state index in [1.807, 2.05) is 12.1 Å². The summed E-state index contributed by atoms with van der Waals surface area (Å²) in [4.78, 5) is 13.0.